The SMILES string of the molecule is CCOc1cc(C=Nc2ccc(C)c(C)c2)ccc1OCC(=O)Nc1ccc(C)c(Cl)c1. The molecule has 0 fully saturated rings. The molecule has 0 saturated carbocycles. The molecule has 3 aromatic carbocycles. The first-order valence-corrected chi connectivity index (χ1v) is 10.8. The highest BCUT2D eigenvalue weighted by atomic mass is 35.5. The Morgan fingerprint density at radius 3 is 2.44 bits per heavy atom. The van der Waals surface area contributed by atoms with Crippen molar-refractivity contribution in [3.05, 3.63) is 81.9 Å². The molecule has 5 nitrogen and oxygen atoms in total. The third-order valence-electron chi connectivity index (χ3n) is 4.94. The van der Waals surface area contributed by atoms with E-state index in [0.717, 1.165) is 16.8 Å². The molecule has 166 valence electrons. The summed E-state index contributed by atoms with van der Waals surface area (Å²) in [4.78, 5) is 16.8. The standard InChI is InChI=1S/C26H27ClN2O3/c1-5-31-25-13-20(15-28-21-9-6-17(2)19(4)12-21)8-11-24(25)32-16-26(30)29-22-10-7-18(3)23(27)14-22/h6-15H,5,16H2,1-4H3,(H,29,30). The topological polar surface area (TPSA) is 59.9 Å². The van der Waals surface area contributed by atoms with Gasteiger partial charge in [0.2, 0.25) is 0 Å². The normalized spacial score (nSPS) is 10.9. The molecule has 0 aliphatic heterocycles. The van der Waals surface area contributed by atoms with Gasteiger partial charge in [-0.1, -0.05) is 23.7 Å². The molecule has 3 rings (SSSR count). The predicted molar refractivity (Wildman–Crippen MR) is 131 cm³/mol. The van der Waals surface area contributed by atoms with Crippen molar-refractivity contribution < 1.29 is 14.3 Å². The number of hydrogen-bond acceptors (Lipinski definition) is 4. The van der Waals surface area contributed by atoms with Crippen LogP contribution < -0.4 is 14.8 Å². The van der Waals surface area contributed by atoms with Crippen molar-refractivity contribution in [3.63, 3.8) is 0 Å². The van der Waals surface area contributed by atoms with Crippen LogP contribution in [0.15, 0.2) is 59.6 Å². The summed E-state index contributed by atoms with van der Waals surface area (Å²) in [6.45, 7) is 8.27. The van der Waals surface area contributed by atoms with E-state index in [1.165, 1.54) is 11.1 Å². The summed E-state index contributed by atoms with van der Waals surface area (Å²) in [5.41, 5.74) is 5.76. The minimum atomic E-state index is -0.284. The van der Waals surface area contributed by atoms with Gasteiger partial charge in [0.25, 0.3) is 5.91 Å². The maximum Gasteiger partial charge on any atom is 0.262 e. The van der Waals surface area contributed by atoms with Crippen molar-refractivity contribution >= 4 is 35.1 Å². The summed E-state index contributed by atoms with van der Waals surface area (Å²) in [6.07, 6.45) is 1.78. The highest BCUT2D eigenvalue weighted by Crippen LogP contribution is 2.28. The molecule has 1 N–H and O–H groups in total. The number of benzene rings is 3. The number of aryl methyl sites for hydroxylation is 3. The van der Waals surface area contributed by atoms with E-state index in [0.29, 0.717) is 28.8 Å². The van der Waals surface area contributed by atoms with Crippen LogP contribution in [-0.4, -0.2) is 25.3 Å². The number of carbonyl (C=O) groups excluding carboxylic acids is 1. The number of rotatable bonds is 8. The molecule has 0 bridgehead atoms. The van der Waals surface area contributed by atoms with Crippen LogP contribution >= 0.6 is 11.6 Å². The lowest BCUT2D eigenvalue weighted by molar-refractivity contribution is -0.118. The Balaban J connectivity index is 1.67. The quantitative estimate of drug-likeness (QED) is 0.402. The van der Waals surface area contributed by atoms with Crippen LogP contribution in [0.25, 0.3) is 0 Å². The molecule has 32 heavy (non-hydrogen) atoms. The second kappa shape index (κ2) is 10.8. The monoisotopic (exact) mass is 450 g/mol. The summed E-state index contributed by atoms with van der Waals surface area (Å²) in [5.74, 6) is 0.766. The maximum absolute atomic E-state index is 12.3. The molecule has 0 atom stereocenters. The molecule has 0 saturated heterocycles. The molecule has 0 aliphatic carbocycles. The Morgan fingerprint density at radius 1 is 0.938 bits per heavy atom. The summed E-state index contributed by atoms with van der Waals surface area (Å²) in [6, 6.07) is 17.0. The second-order valence-electron chi connectivity index (χ2n) is 7.47. The number of carbonyl (C=O) groups is 1. The van der Waals surface area contributed by atoms with Crippen molar-refractivity contribution in [2.45, 2.75) is 27.7 Å². The molecule has 0 radical (unpaired) electrons. The summed E-state index contributed by atoms with van der Waals surface area (Å²) >= 11 is 6.11. The first-order valence-electron chi connectivity index (χ1n) is 10.4. The van der Waals surface area contributed by atoms with Gasteiger partial charge in [0.15, 0.2) is 18.1 Å². The largest absolute Gasteiger partial charge is 0.490 e. The molecule has 0 spiro atoms. The average Bonchev–Trinajstić information content (AvgIpc) is 2.76. The molecular weight excluding hydrogens is 424 g/mol. The number of halogens is 1. The van der Waals surface area contributed by atoms with E-state index in [1.807, 2.05) is 44.2 Å². The first-order chi connectivity index (χ1) is 15.4. The van der Waals surface area contributed by atoms with E-state index in [4.69, 9.17) is 21.1 Å². The van der Waals surface area contributed by atoms with Crippen LogP contribution in [0.4, 0.5) is 11.4 Å². The zero-order chi connectivity index (χ0) is 23.1. The van der Waals surface area contributed by atoms with Gasteiger partial charge in [0.05, 0.1) is 12.3 Å². The molecular formula is C26H27ClN2O3. The minimum absolute atomic E-state index is 0.151. The van der Waals surface area contributed by atoms with Crippen molar-refractivity contribution in [1.29, 1.82) is 0 Å². The molecule has 6 heteroatoms. The van der Waals surface area contributed by atoms with Crippen molar-refractivity contribution in [2.75, 3.05) is 18.5 Å². The van der Waals surface area contributed by atoms with Crippen LogP contribution in [0.3, 0.4) is 0 Å². The van der Waals surface area contributed by atoms with E-state index in [-0.39, 0.29) is 12.5 Å². The van der Waals surface area contributed by atoms with Gasteiger partial charge in [-0.25, -0.2) is 0 Å². The summed E-state index contributed by atoms with van der Waals surface area (Å²) in [7, 11) is 0. The Bertz CT molecular complexity index is 1140. The number of amides is 1. The fourth-order valence-electron chi connectivity index (χ4n) is 2.96. The zero-order valence-electron chi connectivity index (χ0n) is 18.7. The van der Waals surface area contributed by atoms with Crippen LogP contribution in [0.5, 0.6) is 11.5 Å². The van der Waals surface area contributed by atoms with E-state index in [9.17, 15) is 4.79 Å². The smallest absolute Gasteiger partial charge is 0.262 e. The van der Waals surface area contributed by atoms with E-state index >= 15 is 0 Å². The third-order valence-corrected chi connectivity index (χ3v) is 5.34. The van der Waals surface area contributed by atoms with Gasteiger partial charge < -0.3 is 14.8 Å². The lowest BCUT2D eigenvalue weighted by atomic mass is 10.1. The Morgan fingerprint density at radius 2 is 1.72 bits per heavy atom. The number of hydrogen-bond donors (Lipinski definition) is 1. The Kier molecular flexibility index (Phi) is 7.90. The van der Waals surface area contributed by atoms with Gasteiger partial charge in [0, 0.05) is 16.9 Å². The molecule has 0 heterocycles. The Hall–Kier alpha value is -3.31. The fraction of sp³-hybridized carbons (Fsp3) is 0.231. The van der Waals surface area contributed by atoms with Crippen molar-refractivity contribution in [2.24, 2.45) is 4.99 Å². The maximum atomic E-state index is 12.3. The zero-order valence-corrected chi connectivity index (χ0v) is 19.5. The first kappa shape index (κ1) is 23.4. The summed E-state index contributed by atoms with van der Waals surface area (Å²) in [5, 5.41) is 3.38. The van der Waals surface area contributed by atoms with E-state index in [1.54, 1.807) is 24.4 Å². The number of nitrogens with zero attached hydrogens (tertiary/aromatic N) is 1. The van der Waals surface area contributed by atoms with Gasteiger partial charge in [-0.2, -0.15) is 0 Å². The molecule has 0 aliphatic rings. The summed E-state index contributed by atoms with van der Waals surface area (Å²) < 4.78 is 11.4. The number of aliphatic imine (C=N–C) groups is 1. The van der Waals surface area contributed by atoms with Crippen LogP contribution in [0, 0.1) is 20.8 Å². The minimum Gasteiger partial charge on any atom is -0.490 e. The lowest BCUT2D eigenvalue weighted by Crippen LogP contribution is -2.20. The molecule has 1 amide bonds. The molecule has 0 aromatic heterocycles. The molecule has 0 unspecified atom stereocenters. The second-order valence-corrected chi connectivity index (χ2v) is 7.87. The van der Waals surface area contributed by atoms with Gasteiger partial charge in [-0.3, -0.25) is 9.79 Å². The predicted octanol–water partition coefficient (Wildman–Crippen LogP) is 6.43. The third kappa shape index (κ3) is 6.34. The van der Waals surface area contributed by atoms with Crippen LogP contribution in [0.2, 0.25) is 5.02 Å². The number of nitrogens with one attached hydrogen (secondary N) is 1. The Labute approximate surface area is 194 Å². The lowest BCUT2D eigenvalue weighted by Gasteiger charge is -2.13. The van der Waals surface area contributed by atoms with Gasteiger partial charge in [0.1, 0.15) is 0 Å². The van der Waals surface area contributed by atoms with E-state index in [2.05, 4.69) is 30.2 Å². The van der Waals surface area contributed by atoms with Crippen molar-refractivity contribution in [3.8, 4) is 11.5 Å². The van der Waals surface area contributed by atoms with E-state index < -0.39 is 0 Å². The highest BCUT2D eigenvalue weighted by molar-refractivity contribution is 6.31. The fourth-order valence-corrected chi connectivity index (χ4v) is 3.14. The number of ether oxygens (including phenoxy) is 2. The van der Waals surface area contributed by atoms with Crippen molar-refractivity contribution in [1.82, 2.24) is 0 Å². The van der Waals surface area contributed by atoms with Crippen LogP contribution in [-0.2, 0) is 4.79 Å². The van der Waals surface area contributed by atoms with Gasteiger partial charge in [-0.05, 0) is 92.4 Å². The molecule has 3 aromatic rings. The highest BCUT2D eigenvalue weighted by Gasteiger charge is 2.10. The van der Waals surface area contributed by atoms with Gasteiger partial charge >= 0.3 is 0 Å². The van der Waals surface area contributed by atoms with Gasteiger partial charge in [-0.15, -0.1) is 0 Å². The average molecular weight is 451 g/mol. The number of anilines is 1. The van der Waals surface area contributed by atoms with Crippen LogP contribution in [0.1, 0.15) is 29.2 Å².